The average Bonchev–Trinajstić information content (AvgIpc) is 3.49. The summed E-state index contributed by atoms with van der Waals surface area (Å²) < 4.78 is 17.8. The van der Waals surface area contributed by atoms with Crippen LogP contribution in [0, 0.1) is 5.82 Å². The molecule has 194 valence electrons. The van der Waals surface area contributed by atoms with Gasteiger partial charge in [-0.05, 0) is 61.2 Å². The molecule has 1 aliphatic heterocycles. The molecule has 6 nitrogen and oxygen atoms in total. The first kappa shape index (κ1) is 24.2. The van der Waals surface area contributed by atoms with Gasteiger partial charge in [0.15, 0.2) is 0 Å². The Morgan fingerprint density at radius 1 is 0.974 bits per heavy atom. The summed E-state index contributed by atoms with van der Waals surface area (Å²) in [5.41, 5.74) is 4.80. The zero-order chi connectivity index (χ0) is 26.2. The topological polar surface area (TPSA) is 63.0 Å². The Kier molecular flexibility index (Phi) is 6.35. The van der Waals surface area contributed by atoms with E-state index in [4.69, 9.17) is 0 Å². The van der Waals surface area contributed by atoms with Crippen LogP contribution in [0.5, 0.6) is 0 Å². The molecule has 1 amide bonds. The molecule has 5 aromatic rings. The van der Waals surface area contributed by atoms with Crippen LogP contribution in [-0.4, -0.2) is 38.0 Å². The van der Waals surface area contributed by atoms with Crippen molar-refractivity contribution >= 4 is 27.8 Å². The summed E-state index contributed by atoms with van der Waals surface area (Å²) in [4.78, 5) is 31.2. The Bertz CT molecular complexity index is 1660. The Labute approximate surface area is 220 Å². The Hall–Kier alpha value is -4.13. The number of imidazole rings is 1. The number of hydrogen-bond donors (Lipinski definition) is 1. The lowest BCUT2D eigenvalue weighted by atomic mass is 9.87. The molecule has 0 aliphatic carbocycles. The van der Waals surface area contributed by atoms with Crippen LogP contribution in [0.25, 0.3) is 21.9 Å². The first-order valence-electron chi connectivity index (χ1n) is 13.3. The standard InChI is InChI=1S/C31H31FN4O2/c1-2-34-20-26(24-7-3-5-9-28(24)34)25(21-11-13-22(32)14-12-21)19-30(37)35-17-15-23(16-18-35)36-29-10-6-4-8-27(29)33-31(36)38/h3-14,20,23,25H,2,15-19H2,1H3,(H,33,38). The Morgan fingerprint density at radius 2 is 1.66 bits per heavy atom. The monoisotopic (exact) mass is 510 g/mol. The fourth-order valence-electron chi connectivity index (χ4n) is 6.03. The average molecular weight is 511 g/mol. The van der Waals surface area contributed by atoms with Crippen LogP contribution in [0.4, 0.5) is 4.39 Å². The molecular formula is C31H31FN4O2. The van der Waals surface area contributed by atoms with E-state index in [1.54, 1.807) is 12.1 Å². The highest BCUT2D eigenvalue weighted by Crippen LogP contribution is 2.36. The van der Waals surface area contributed by atoms with E-state index >= 15 is 0 Å². The van der Waals surface area contributed by atoms with E-state index in [0.717, 1.165) is 52.4 Å². The second kappa shape index (κ2) is 9.97. The highest BCUT2D eigenvalue weighted by atomic mass is 19.1. The fraction of sp³-hybridized carbons (Fsp3) is 0.290. The molecule has 2 aromatic heterocycles. The second-order valence-corrected chi connectivity index (χ2v) is 10.1. The lowest BCUT2D eigenvalue weighted by Gasteiger charge is -2.33. The van der Waals surface area contributed by atoms with Gasteiger partial charge in [0.2, 0.25) is 5.91 Å². The van der Waals surface area contributed by atoms with Crippen LogP contribution in [0.3, 0.4) is 0 Å². The number of halogens is 1. The molecular weight excluding hydrogens is 479 g/mol. The van der Waals surface area contributed by atoms with Crippen molar-refractivity contribution in [2.24, 2.45) is 0 Å². The molecule has 1 aliphatic rings. The number of carbonyl (C=O) groups excluding carboxylic acids is 1. The highest BCUT2D eigenvalue weighted by Gasteiger charge is 2.29. The van der Waals surface area contributed by atoms with Crippen molar-refractivity contribution < 1.29 is 9.18 Å². The second-order valence-electron chi connectivity index (χ2n) is 10.1. The van der Waals surface area contributed by atoms with E-state index < -0.39 is 0 Å². The first-order chi connectivity index (χ1) is 18.5. The summed E-state index contributed by atoms with van der Waals surface area (Å²) in [5, 5.41) is 1.12. The molecule has 6 rings (SSSR count). The van der Waals surface area contributed by atoms with Gasteiger partial charge in [0.1, 0.15) is 5.82 Å². The summed E-state index contributed by atoms with van der Waals surface area (Å²) in [6.45, 7) is 4.13. The number of fused-ring (bicyclic) bond motifs is 2. The van der Waals surface area contributed by atoms with Gasteiger partial charge >= 0.3 is 5.69 Å². The van der Waals surface area contributed by atoms with Gasteiger partial charge in [-0.2, -0.15) is 0 Å². The first-order valence-corrected chi connectivity index (χ1v) is 13.3. The van der Waals surface area contributed by atoms with Crippen LogP contribution < -0.4 is 5.69 Å². The van der Waals surface area contributed by atoms with E-state index in [0.29, 0.717) is 19.5 Å². The van der Waals surface area contributed by atoms with E-state index in [1.165, 1.54) is 12.1 Å². The largest absolute Gasteiger partial charge is 0.347 e. The number of piperidine rings is 1. The van der Waals surface area contributed by atoms with Crippen molar-refractivity contribution in [1.29, 1.82) is 0 Å². The maximum atomic E-state index is 13.8. The number of aryl methyl sites for hydroxylation is 1. The number of nitrogens with zero attached hydrogens (tertiary/aromatic N) is 3. The summed E-state index contributed by atoms with van der Waals surface area (Å²) in [6.07, 6.45) is 3.90. The van der Waals surface area contributed by atoms with Crippen molar-refractivity contribution in [2.45, 2.75) is 44.7 Å². The Morgan fingerprint density at radius 3 is 2.39 bits per heavy atom. The molecule has 0 saturated carbocycles. The summed E-state index contributed by atoms with van der Waals surface area (Å²) in [6, 6.07) is 22.6. The van der Waals surface area contributed by atoms with Gasteiger partial charge in [-0.25, -0.2) is 9.18 Å². The van der Waals surface area contributed by atoms with Crippen LogP contribution in [0.15, 0.2) is 83.8 Å². The van der Waals surface area contributed by atoms with Gasteiger partial charge in [-0.15, -0.1) is 0 Å². The number of aromatic amines is 1. The smallest absolute Gasteiger partial charge is 0.326 e. The SMILES string of the molecule is CCn1cc(C(CC(=O)N2CCC(n3c(=O)[nH]c4ccccc43)CC2)c2ccc(F)cc2)c2ccccc21. The fourth-order valence-corrected chi connectivity index (χ4v) is 6.03. The number of aromatic nitrogens is 3. The van der Waals surface area contributed by atoms with Crippen LogP contribution in [-0.2, 0) is 11.3 Å². The number of H-pyrrole nitrogens is 1. The lowest BCUT2D eigenvalue weighted by Crippen LogP contribution is -2.41. The minimum absolute atomic E-state index is 0.0538. The van der Waals surface area contributed by atoms with Crippen molar-refractivity contribution in [1.82, 2.24) is 19.0 Å². The normalized spacial score (nSPS) is 15.4. The third kappa shape index (κ3) is 4.32. The molecule has 0 spiro atoms. The third-order valence-corrected chi connectivity index (χ3v) is 7.99. The maximum absolute atomic E-state index is 13.8. The van der Waals surface area contributed by atoms with Gasteiger partial charge in [-0.3, -0.25) is 9.36 Å². The molecule has 3 aromatic carbocycles. The Balaban J connectivity index is 1.25. The van der Waals surface area contributed by atoms with Crippen molar-refractivity contribution in [3.05, 3.63) is 106 Å². The number of para-hydroxylation sites is 3. The number of amides is 1. The zero-order valence-electron chi connectivity index (χ0n) is 21.4. The minimum atomic E-state index is -0.288. The number of likely N-dealkylation sites (tertiary alicyclic amines) is 1. The van der Waals surface area contributed by atoms with Crippen LogP contribution in [0.1, 0.15) is 49.3 Å². The van der Waals surface area contributed by atoms with Crippen molar-refractivity contribution in [3.8, 4) is 0 Å². The predicted octanol–water partition coefficient (Wildman–Crippen LogP) is 5.83. The number of hydrogen-bond acceptors (Lipinski definition) is 2. The molecule has 1 fully saturated rings. The van der Waals surface area contributed by atoms with Gasteiger partial charge in [0.05, 0.1) is 11.0 Å². The number of rotatable bonds is 6. The molecule has 38 heavy (non-hydrogen) atoms. The van der Waals surface area contributed by atoms with Crippen molar-refractivity contribution in [3.63, 3.8) is 0 Å². The quantitative estimate of drug-likeness (QED) is 0.312. The number of benzene rings is 3. The van der Waals surface area contributed by atoms with Crippen molar-refractivity contribution in [2.75, 3.05) is 13.1 Å². The minimum Gasteiger partial charge on any atom is -0.347 e. The van der Waals surface area contributed by atoms with E-state index in [2.05, 4.69) is 34.8 Å². The van der Waals surface area contributed by atoms with E-state index in [9.17, 15) is 14.0 Å². The van der Waals surface area contributed by atoms with Gasteiger partial charge in [0.25, 0.3) is 0 Å². The van der Waals surface area contributed by atoms with E-state index in [-0.39, 0.29) is 29.4 Å². The predicted molar refractivity (Wildman–Crippen MR) is 148 cm³/mol. The molecule has 1 N–H and O–H groups in total. The lowest BCUT2D eigenvalue weighted by molar-refractivity contribution is -0.132. The highest BCUT2D eigenvalue weighted by molar-refractivity contribution is 5.87. The molecule has 1 saturated heterocycles. The molecule has 1 atom stereocenters. The molecule has 3 heterocycles. The summed E-state index contributed by atoms with van der Waals surface area (Å²) >= 11 is 0. The number of carbonyl (C=O) groups is 1. The third-order valence-electron chi connectivity index (χ3n) is 7.99. The molecule has 7 heteroatoms. The van der Waals surface area contributed by atoms with E-state index in [1.807, 2.05) is 45.9 Å². The molecule has 0 radical (unpaired) electrons. The van der Waals surface area contributed by atoms with Gasteiger partial charge < -0.3 is 14.5 Å². The van der Waals surface area contributed by atoms with Crippen LogP contribution >= 0.6 is 0 Å². The van der Waals surface area contributed by atoms with Gasteiger partial charge in [0, 0.05) is 55.1 Å². The number of nitrogens with one attached hydrogen (secondary N) is 1. The maximum Gasteiger partial charge on any atom is 0.326 e. The molecule has 1 unspecified atom stereocenters. The summed E-state index contributed by atoms with van der Waals surface area (Å²) in [5.74, 6) is -0.392. The van der Waals surface area contributed by atoms with Crippen LogP contribution in [0.2, 0.25) is 0 Å². The summed E-state index contributed by atoms with van der Waals surface area (Å²) in [7, 11) is 0. The molecule has 0 bridgehead atoms. The van der Waals surface area contributed by atoms with Gasteiger partial charge in [-0.1, -0.05) is 42.5 Å². The zero-order valence-corrected chi connectivity index (χ0v) is 21.4.